The van der Waals surface area contributed by atoms with Crippen LogP contribution in [-0.2, 0) is 4.79 Å². The molecule has 2 atom stereocenters. The Hall–Kier alpha value is -1.08. The highest BCUT2D eigenvalue weighted by atomic mass is 16.1. The van der Waals surface area contributed by atoms with Crippen LogP contribution in [0.5, 0.6) is 0 Å². The Kier molecular flexibility index (Phi) is 4.10. The van der Waals surface area contributed by atoms with Crippen molar-refractivity contribution in [1.29, 1.82) is 5.26 Å². The van der Waals surface area contributed by atoms with Gasteiger partial charge >= 0.3 is 0 Å². The topological polar surface area (TPSA) is 70.1 Å². The van der Waals surface area contributed by atoms with E-state index in [0.29, 0.717) is 6.04 Å². The molecule has 0 aromatic heterocycles. The quantitative estimate of drug-likeness (QED) is 0.747. The average Bonchev–Trinajstić information content (AvgIpc) is 2.63. The first kappa shape index (κ1) is 12.0. The summed E-state index contributed by atoms with van der Waals surface area (Å²) in [6.07, 6.45) is 2.76. The van der Waals surface area contributed by atoms with Crippen molar-refractivity contribution < 1.29 is 4.79 Å². The number of hydrogen-bond donors (Lipinski definition) is 1. The van der Waals surface area contributed by atoms with E-state index in [1.165, 1.54) is 0 Å². The molecular weight excluding hydrogens is 190 g/mol. The van der Waals surface area contributed by atoms with Crippen molar-refractivity contribution in [3.05, 3.63) is 0 Å². The molecular formula is C11H19N3O. The largest absolute Gasteiger partial charge is 0.368 e. The molecule has 1 fully saturated rings. The summed E-state index contributed by atoms with van der Waals surface area (Å²) in [5, 5.41) is 8.95. The number of nitriles is 1. The van der Waals surface area contributed by atoms with Crippen molar-refractivity contribution in [3.8, 4) is 6.07 Å². The molecule has 15 heavy (non-hydrogen) atoms. The normalized spacial score (nSPS) is 26.8. The standard InChI is InChI=1S/C11H19N3O/c1-3-9(4-2)14-6-5-8(7-12)10(14)11(13)15/h8-10H,3-6H2,1-2H3,(H2,13,15). The van der Waals surface area contributed by atoms with Crippen molar-refractivity contribution in [2.75, 3.05) is 6.54 Å². The maximum absolute atomic E-state index is 11.3. The van der Waals surface area contributed by atoms with E-state index in [2.05, 4.69) is 24.8 Å². The summed E-state index contributed by atoms with van der Waals surface area (Å²) in [6, 6.07) is 2.19. The number of nitrogens with zero attached hydrogens (tertiary/aromatic N) is 2. The van der Waals surface area contributed by atoms with Gasteiger partial charge in [0.1, 0.15) is 6.04 Å². The van der Waals surface area contributed by atoms with Crippen molar-refractivity contribution in [2.45, 2.75) is 45.2 Å². The minimum Gasteiger partial charge on any atom is -0.368 e. The molecule has 1 amide bonds. The van der Waals surface area contributed by atoms with Crippen LogP contribution in [0, 0.1) is 17.2 Å². The molecule has 1 rings (SSSR count). The van der Waals surface area contributed by atoms with Gasteiger partial charge in [0.25, 0.3) is 0 Å². The Balaban J connectivity index is 2.82. The van der Waals surface area contributed by atoms with Crippen LogP contribution in [0.15, 0.2) is 0 Å². The molecule has 4 nitrogen and oxygen atoms in total. The number of amides is 1. The average molecular weight is 209 g/mol. The second-order valence-corrected chi connectivity index (χ2v) is 4.08. The van der Waals surface area contributed by atoms with Gasteiger partial charge in [-0.05, 0) is 19.3 Å². The monoisotopic (exact) mass is 209 g/mol. The van der Waals surface area contributed by atoms with E-state index >= 15 is 0 Å². The zero-order chi connectivity index (χ0) is 11.4. The molecule has 4 heteroatoms. The molecule has 2 N–H and O–H groups in total. The Bertz CT molecular complexity index is 267. The summed E-state index contributed by atoms with van der Waals surface area (Å²) >= 11 is 0. The van der Waals surface area contributed by atoms with Gasteiger partial charge in [0, 0.05) is 12.6 Å². The maximum atomic E-state index is 11.3. The fraction of sp³-hybridized carbons (Fsp3) is 0.818. The van der Waals surface area contributed by atoms with Gasteiger partial charge in [0.2, 0.25) is 5.91 Å². The van der Waals surface area contributed by atoms with E-state index in [4.69, 9.17) is 11.0 Å². The zero-order valence-electron chi connectivity index (χ0n) is 9.44. The molecule has 1 saturated heterocycles. The number of carbonyl (C=O) groups is 1. The van der Waals surface area contributed by atoms with Crippen molar-refractivity contribution >= 4 is 5.91 Å². The van der Waals surface area contributed by atoms with Gasteiger partial charge in [-0.15, -0.1) is 0 Å². The Morgan fingerprint density at radius 2 is 2.20 bits per heavy atom. The number of hydrogen-bond acceptors (Lipinski definition) is 3. The molecule has 1 aliphatic rings. The van der Waals surface area contributed by atoms with Crippen LogP contribution in [0.3, 0.4) is 0 Å². The van der Waals surface area contributed by atoms with Crippen molar-refractivity contribution in [3.63, 3.8) is 0 Å². The molecule has 2 unspecified atom stereocenters. The summed E-state index contributed by atoms with van der Waals surface area (Å²) in [4.78, 5) is 13.5. The van der Waals surface area contributed by atoms with Gasteiger partial charge in [-0.1, -0.05) is 13.8 Å². The lowest BCUT2D eigenvalue weighted by Crippen LogP contribution is -2.47. The molecule has 0 aromatic rings. The highest BCUT2D eigenvalue weighted by molar-refractivity contribution is 5.81. The minimum absolute atomic E-state index is 0.219. The highest BCUT2D eigenvalue weighted by Crippen LogP contribution is 2.27. The zero-order valence-corrected chi connectivity index (χ0v) is 9.44. The molecule has 0 radical (unpaired) electrons. The van der Waals surface area contributed by atoms with Gasteiger partial charge in [0.05, 0.1) is 12.0 Å². The fourth-order valence-electron chi connectivity index (χ4n) is 2.48. The number of rotatable bonds is 4. The van der Waals surface area contributed by atoms with E-state index in [1.54, 1.807) is 0 Å². The third-order valence-electron chi connectivity index (χ3n) is 3.31. The lowest BCUT2D eigenvalue weighted by atomic mass is 10.0. The van der Waals surface area contributed by atoms with Gasteiger partial charge in [-0.2, -0.15) is 5.26 Å². The molecule has 84 valence electrons. The molecule has 0 bridgehead atoms. The first-order valence-corrected chi connectivity index (χ1v) is 5.60. The molecule has 0 saturated carbocycles. The molecule has 0 aliphatic carbocycles. The van der Waals surface area contributed by atoms with Gasteiger partial charge < -0.3 is 5.73 Å². The predicted octanol–water partition coefficient (Wildman–Crippen LogP) is 0.874. The Labute approximate surface area is 91.0 Å². The number of likely N-dealkylation sites (tertiary alicyclic amines) is 1. The second kappa shape index (κ2) is 5.13. The molecule has 0 spiro atoms. The molecule has 1 aliphatic heterocycles. The predicted molar refractivity (Wildman–Crippen MR) is 57.8 cm³/mol. The van der Waals surface area contributed by atoms with E-state index in [1.807, 2.05) is 0 Å². The van der Waals surface area contributed by atoms with Crippen LogP contribution in [0.4, 0.5) is 0 Å². The first-order chi connectivity index (χ1) is 7.15. The summed E-state index contributed by atoms with van der Waals surface area (Å²) in [5.41, 5.74) is 5.37. The van der Waals surface area contributed by atoms with Crippen LogP contribution in [-0.4, -0.2) is 29.4 Å². The van der Waals surface area contributed by atoms with Gasteiger partial charge in [0.15, 0.2) is 0 Å². The lowest BCUT2D eigenvalue weighted by molar-refractivity contribution is -0.123. The third kappa shape index (κ3) is 2.29. The van der Waals surface area contributed by atoms with E-state index < -0.39 is 0 Å². The van der Waals surface area contributed by atoms with Crippen LogP contribution in [0.25, 0.3) is 0 Å². The van der Waals surface area contributed by atoms with Crippen molar-refractivity contribution in [2.24, 2.45) is 11.7 Å². The van der Waals surface area contributed by atoms with Crippen LogP contribution in [0.2, 0.25) is 0 Å². The molecule has 0 aromatic carbocycles. The fourth-order valence-corrected chi connectivity index (χ4v) is 2.48. The maximum Gasteiger partial charge on any atom is 0.236 e. The summed E-state index contributed by atoms with van der Waals surface area (Å²) < 4.78 is 0. The van der Waals surface area contributed by atoms with Gasteiger partial charge in [-0.3, -0.25) is 9.69 Å². The molecule has 1 heterocycles. The van der Waals surface area contributed by atoms with Crippen LogP contribution < -0.4 is 5.73 Å². The van der Waals surface area contributed by atoms with Crippen LogP contribution >= 0.6 is 0 Å². The van der Waals surface area contributed by atoms with Gasteiger partial charge in [-0.25, -0.2) is 0 Å². The lowest BCUT2D eigenvalue weighted by Gasteiger charge is -2.30. The SMILES string of the molecule is CCC(CC)N1CCC(C#N)C1C(N)=O. The second-order valence-electron chi connectivity index (χ2n) is 4.08. The van der Waals surface area contributed by atoms with E-state index in [-0.39, 0.29) is 17.9 Å². The number of carbonyl (C=O) groups excluding carboxylic acids is 1. The number of nitrogens with two attached hydrogens (primary N) is 1. The van der Waals surface area contributed by atoms with Crippen LogP contribution in [0.1, 0.15) is 33.1 Å². The summed E-state index contributed by atoms with van der Waals surface area (Å²) in [6.45, 7) is 5.02. The van der Waals surface area contributed by atoms with E-state index in [9.17, 15) is 4.79 Å². The smallest absolute Gasteiger partial charge is 0.236 e. The highest BCUT2D eigenvalue weighted by Gasteiger charge is 2.40. The minimum atomic E-state index is -0.375. The summed E-state index contributed by atoms with van der Waals surface area (Å²) in [7, 11) is 0. The van der Waals surface area contributed by atoms with E-state index in [0.717, 1.165) is 25.8 Å². The Morgan fingerprint density at radius 1 is 1.60 bits per heavy atom. The Morgan fingerprint density at radius 3 is 2.60 bits per heavy atom. The van der Waals surface area contributed by atoms with Crippen molar-refractivity contribution in [1.82, 2.24) is 4.90 Å². The first-order valence-electron chi connectivity index (χ1n) is 5.60. The number of primary amides is 1. The summed E-state index contributed by atoms with van der Waals surface area (Å²) in [5.74, 6) is -0.575. The third-order valence-corrected chi connectivity index (χ3v) is 3.31.